The van der Waals surface area contributed by atoms with E-state index in [2.05, 4.69) is 9.97 Å². The largest absolute Gasteiger partial charge is 0.507 e. The van der Waals surface area contributed by atoms with Gasteiger partial charge in [-0.1, -0.05) is 43.4 Å². The van der Waals surface area contributed by atoms with Crippen molar-refractivity contribution in [1.82, 2.24) is 9.97 Å². The van der Waals surface area contributed by atoms with Gasteiger partial charge in [0.1, 0.15) is 11.5 Å². The molecule has 2 aromatic heterocycles. The monoisotopic (exact) mass is 485 g/mol. The number of anilines is 1. The number of rotatable bonds is 5. The van der Waals surface area contributed by atoms with Crippen LogP contribution < -0.4 is 9.64 Å². The molecule has 1 amide bonds. The number of fused-ring (bicyclic) bond motifs is 1. The summed E-state index contributed by atoms with van der Waals surface area (Å²) in [6, 6.07) is 15.4. The number of carbonyl (C=O) groups excluding carboxylic acids is 2. The lowest BCUT2D eigenvalue weighted by molar-refractivity contribution is -0.132. The third-order valence-electron chi connectivity index (χ3n) is 6.06. The highest BCUT2D eigenvalue weighted by Gasteiger charge is 2.48. The van der Waals surface area contributed by atoms with Gasteiger partial charge in [0.25, 0.3) is 5.78 Å². The fraction of sp³-hybridized carbons (Fsp3) is 0.185. The molecule has 1 fully saturated rings. The van der Waals surface area contributed by atoms with E-state index in [9.17, 15) is 14.7 Å². The van der Waals surface area contributed by atoms with E-state index in [-0.39, 0.29) is 17.3 Å². The fourth-order valence-corrected chi connectivity index (χ4v) is 5.33. The number of ether oxygens (including phenoxy) is 1. The first-order chi connectivity index (χ1) is 16.9. The van der Waals surface area contributed by atoms with E-state index in [1.165, 1.54) is 16.2 Å². The number of pyridine rings is 1. The predicted molar refractivity (Wildman–Crippen MR) is 136 cm³/mol. The van der Waals surface area contributed by atoms with E-state index in [1.54, 1.807) is 49.8 Å². The molecule has 5 rings (SSSR count). The van der Waals surface area contributed by atoms with Crippen LogP contribution in [-0.2, 0) is 9.59 Å². The number of carbonyl (C=O) groups is 2. The molecular formula is C27H23N3O4S. The van der Waals surface area contributed by atoms with Gasteiger partial charge < -0.3 is 9.84 Å². The quantitative estimate of drug-likeness (QED) is 0.230. The summed E-state index contributed by atoms with van der Waals surface area (Å²) in [6.45, 7) is 4.03. The molecule has 3 heterocycles. The minimum Gasteiger partial charge on any atom is -0.507 e. The van der Waals surface area contributed by atoms with E-state index < -0.39 is 17.7 Å². The molecule has 7 nitrogen and oxygen atoms in total. The van der Waals surface area contributed by atoms with E-state index in [0.717, 1.165) is 15.8 Å². The summed E-state index contributed by atoms with van der Waals surface area (Å²) in [5, 5.41) is 11.8. The number of hydrogen-bond acceptors (Lipinski definition) is 7. The van der Waals surface area contributed by atoms with Gasteiger partial charge in [-0.2, -0.15) is 0 Å². The third-order valence-corrected chi connectivity index (χ3v) is 7.09. The average molecular weight is 486 g/mol. The van der Waals surface area contributed by atoms with Crippen molar-refractivity contribution >= 4 is 44.1 Å². The minimum atomic E-state index is -0.867. The second-order valence-electron chi connectivity index (χ2n) is 8.53. The van der Waals surface area contributed by atoms with Crippen LogP contribution in [0.25, 0.3) is 16.0 Å². The van der Waals surface area contributed by atoms with Crippen LogP contribution in [0.4, 0.5) is 5.13 Å². The van der Waals surface area contributed by atoms with Crippen molar-refractivity contribution in [2.24, 2.45) is 0 Å². The molecule has 0 saturated carbocycles. The Labute approximate surface area is 206 Å². The lowest BCUT2D eigenvalue weighted by Crippen LogP contribution is -2.29. The topological polar surface area (TPSA) is 92.6 Å². The Balaban J connectivity index is 1.72. The zero-order chi connectivity index (χ0) is 24.7. The molecule has 1 saturated heterocycles. The van der Waals surface area contributed by atoms with Crippen molar-refractivity contribution in [3.8, 4) is 5.75 Å². The first kappa shape index (κ1) is 22.7. The Morgan fingerprint density at radius 2 is 1.91 bits per heavy atom. The molecule has 1 aliphatic rings. The van der Waals surface area contributed by atoms with Crippen molar-refractivity contribution < 1.29 is 19.4 Å². The molecule has 0 radical (unpaired) electrons. The summed E-state index contributed by atoms with van der Waals surface area (Å²) in [5.41, 5.74) is 2.66. The Kier molecular flexibility index (Phi) is 5.82. The molecular weight excluding hydrogens is 462 g/mol. The third kappa shape index (κ3) is 3.85. The number of aliphatic hydroxyl groups is 1. The number of para-hydroxylation sites is 1. The van der Waals surface area contributed by atoms with Gasteiger partial charge in [0, 0.05) is 18.0 Å². The molecule has 1 aliphatic heterocycles. The summed E-state index contributed by atoms with van der Waals surface area (Å²) < 4.78 is 6.35. The number of aliphatic hydroxyl groups excluding tert-OH is 1. The summed E-state index contributed by atoms with van der Waals surface area (Å²) >= 11 is 1.32. The fourth-order valence-electron chi connectivity index (χ4n) is 4.33. The standard InChI is InChI=1S/C27H23N3O4S/c1-15(2)18-13-16(10-11-20(18)34-3)24(31)22-23(17-7-6-12-28-14-17)30(26(33)25(22)32)27-29-19-8-4-5-9-21(19)35-27/h4-15,23,31H,1-3H3/b24-22+. The average Bonchev–Trinajstić information content (AvgIpc) is 3.42. The van der Waals surface area contributed by atoms with Crippen molar-refractivity contribution in [3.05, 3.63) is 89.3 Å². The first-order valence-corrected chi connectivity index (χ1v) is 12.0. The molecule has 0 aliphatic carbocycles. The van der Waals surface area contributed by atoms with Crippen LogP contribution in [0.3, 0.4) is 0 Å². The number of thiazole rings is 1. The number of Topliss-reactive ketones (excluding diaryl/α,β-unsaturated/α-hetero) is 1. The van der Waals surface area contributed by atoms with Gasteiger partial charge in [0.05, 0.1) is 28.9 Å². The van der Waals surface area contributed by atoms with Gasteiger partial charge in [0.2, 0.25) is 0 Å². The number of methoxy groups -OCH3 is 1. The molecule has 2 aromatic carbocycles. The second kappa shape index (κ2) is 8.96. The summed E-state index contributed by atoms with van der Waals surface area (Å²) in [5.74, 6) is -0.938. The normalized spacial score (nSPS) is 17.5. The molecule has 176 valence electrons. The Hall–Kier alpha value is -4.04. The van der Waals surface area contributed by atoms with Gasteiger partial charge in [-0.25, -0.2) is 4.98 Å². The molecule has 1 unspecified atom stereocenters. The van der Waals surface area contributed by atoms with E-state index >= 15 is 0 Å². The van der Waals surface area contributed by atoms with Crippen molar-refractivity contribution in [2.45, 2.75) is 25.8 Å². The van der Waals surface area contributed by atoms with Crippen molar-refractivity contribution in [1.29, 1.82) is 0 Å². The summed E-state index contributed by atoms with van der Waals surface area (Å²) in [7, 11) is 1.59. The summed E-state index contributed by atoms with van der Waals surface area (Å²) in [6.07, 6.45) is 3.21. The van der Waals surface area contributed by atoms with Crippen molar-refractivity contribution in [3.63, 3.8) is 0 Å². The number of ketones is 1. The highest BCUT2D eigenvalue weighted by molar-refractivity contribution is 7.22. The molecule has 8 heteroatoms. The van der Waals surface area contributed by atoms with Crippen LogP contribution in [0.1, 0.15) is 42.5 Å². The molecule has 35 heavy (non-hydrogen) atoms. The number of nitrogens with zero attached hydrogens (tertiary/aromatic N) is 3. The van der Waals surface area contributed by atoms with Gasteiger partial charge >= 0.3 is 5.91 Å². The highest BCUT2D eigenvalue weighted by atomic mass is 32.1. The zero-order valence-corrected chi connectivity index (χ0v) is 20.2. The van der Waals surface area contributed by atoms with E-state index in [1.807, 2.05) is 38.1 Å². The molecule has 4 aromatic rings. The van der Waals surface area contributed by atoms with Crippen LogP contribution in [0.2, 0.25) is 0 Å². The lowest BCUT2D eigenvalue weighted by Gasteiger charge is -2.22. The Morgan fingerprint density at radius 1 is 1.11 bits per heavy atom. The number of amides is 1. The predicted octanol–water partition coefficient (Wildman–Crippen LogP) is 5.45. The lowest BCUT2D eigenvalue weighted by atomic mass is 9.94. The van der Waals surface area contributed by atoms with Crippen molar-refractivity contribution in [2.75, 3.05) is 12.0 Å². The second-order valence-corrected chi connectivity index (χ2v) is 9.54. The minimum absolute atomic E-state index is 0.00197. The molecule has 0 bridgehead atoms. The van der Waals surface area contributed by atoms with Crippen LogP contribution in [0, 0.1) is 0 Å². The van der Waals surface area contributed by atoms with Gasteiger partial charge in [-0.05, 0) is 53.4 Å². The molecule has 0 spiro atoms. The van der Waals surface area contributed by atoms with Crippen LogP contribution in [0.5, 0.6) is 5.75 Å². The number of benzene rings is 2. The zero-order valence-electron chi connectivity index (χ0n) is 19.4. The Bertz CT molecular complexity index is 1440. The number of hydrogen-bond donors (Lipinski definition) is 1. The van der Waals surface area contributed by atoms with Gasteiger partial charge in [-0.15, -0.1) is 0 Å². The summed E-state index contributed by atoms with van der Waals surface area (Å²) in [4.78, 5) is 36.9. The maximum absolute atomic E-state index is 13.4. The van der Waals surface area contributed by atoms with E-state index in [4.69, 9.17) is 4.74 Å². The smallest absolute Gasteiger partial charge is 0.301 e. The maximum Gasteiger partial charge on any atom is 0.301 e. The van der Waals surface area contributed by atoms with Crippen LogP contribution in [-0.4, -0.2) is 33.9 Å². The van der Waals surface area contributed by atoms with Gasteiger partial charge in [0.15, 0.2) is 5.13 Å². The Morgan fingerprint density at radius 3 is 2.60 bits per heavy atom. The van der Waals surface area contributed by atoms with Gasteiger partial charge in [-0.3, -0.25) is 19.5 Å². The van der Waals surface area contributed by atoms with E-state index in [0.29, 0.717) is 22.0 Å². The molecule has 1 N–H and O–H groups in total. The molecule has 1 atom stereocenters. The maximum atomic E-state index is 13.4. The first-order valence-electron chi connectivity index (χ1n) is 11.2. The van der Waals surface area contributed by atoms with Crippen LogP contribution in [0.15, 0.2) is 72.6 Å². The van der Waals surface area contributed by atoms with Crippen LogP contribution >= 0.6 is 11.3 Å². The SMILES string of the molecule is COc1ccc(/C(O)=C2\C(=O)C(=O)N(c3nc4ccccc4s3)C2c2cccnc2)cc1C(C)C. The number of aromatic nitrogens is 2. The highest BCUT2D eigenvalue weighted by Crippen LogP contribution is 2.44.